The molecule has 4 nitrogen and oxygen atoms in total. The maximum absolute atomic E-state index is 6.25. The maximum atomic E-state index is 6.25. The van der Waals surface area contributed by atoms with Crippen LogP contribution in [0, 0.1) is 0 Å². The Morgan fingerprint density at radius 3 is 2.23 bits per heavy atom. The van der Waals surface area contributed by atoms with Crippen molar-refractivity contribution in [2.24, 2.45) is 0 Å². The van der Waals surface area contributed by atoms with E-state index in [0.717, 1.165) is 28.0 Å². The van der Waals surface area contributed by atoms with E-state index in [1.165, 1.54) is 5.56 Å². The smallest absolute Gasteiger partial charge is 0.230 e. The third kappa shape index (κ3) is 4.43. The summed E-state index contributed by atoms with van der Waals surface area (Å²) in [7, 11) is 0. The highest BCUT2D eigenvalue weighted by Crippen LogP contribution is 2.31. The van der Waals surface area contributed by atoms with E-state index in [0.29, 0.717) is 17.6 Å². The van der Waals surface area contributed by atoms with Gasteiger partial charge in [-0.15, -0.1) is 0 Å². The molecule has 1 aromatic heterocycles. The van der Waals surface area contributed by atoms with Crippen molar-refractivity contribution in [2.75, 3.05) is 0 Å². The Balaban J connectivity index is 1.73. The minimum absolute atomic E-state index is 0.134. The molecule has 1 heterocycles. The van der Waals surface area contributed by atoms with Gasteiger partial charge in [0, 0.05) is 5.56 Å². The third-order valence-electron chi connectivity index (χ3n) is 4.79. The van der Waals surface area contributed by atoms with Crippen LogP contribution in [0.1, 0.15) is 39.2 Å². The maximum Gasteiger partial charge on any atom is 0.230 e. The molecule has 3 aromatic carbocycles. The molecule has 0 aliphatic heterocycles. The second-order valence-electron chi connectivity index (χ2n) is 7.89. The molecular weight excluding hydrogens is 372 g/mol. The van der Waals surface area contributed by atoms with Crippen molar-refractivity contribution in [3.05, 3.63) is 78.4 Å². The lowest BCUT2D eigenvalue weighted by molar-refractivity contribution is 0.242. The lowest BCUT2D eigenvalue weighted by Gasteiger charge is -2.13. The molecule has 0 atom stereocenters. The number of benzene rings is 3. The molecule has 0 bridgehead atoms. The summed E-state index contributed by atoms with van der Waals surface area (Å²) >= 11 is 0. The first-order chi connectivity index (χ1) is 14.5. The molecule has 152 valence electrons. The van der Waals surface area contributed by atoms with Gasteiger partial charge in [0.1, 0.15) is 11.5 Å². The fourth-order valence-electron chi connectivity index (χ4n) is 3.26. The second kappa shape index (κ2) is 8.54. The molecule has 4 heteroatoms. The number of nitrogens with zero attached hydrogens (tertiary/aromatic N) is 2. The van der Waals surface area contributed by atoms with E-state index < -0.39 is 0 Å². The van der Waals surface area contributed by atoms with Crippen molar-refractivity contribution < 1.29 is 9.47 Å². The molecule has 0 aliphatic rings. The molecule has 0 unspecified atom stereocenters. The van der Waals surface area contributed by atoms with Gasteiger partial charge in [0.2, 0.25) is 5.88 Å². The van der Waals surface area contributed by atoms with Crippen LogP contribution in [0.15, 0.2) is 72.8 Å². The van der Waals surface area contributed by atoms with E-state index in [1.807, 2.05) is 74.5 Å². The van der Waals surface area contributed by atoms with Crippen LogP contribution in [-0.4, -0.2) is 16.1 Å². The molecule has 0 fully saturated rings. The predicted molar refractivity (Wildman–Crippen MR) is 121 cm³/mol. The number of rotatable bonds is 6. The van der Waals surface area contributed by atoms with Crippen LogP contribution in [0.5, 0.6) is 17.4 Å². The second-order valence-corrected chi connectivity index (χ2v) is 7.89. The van der Waals surface area contributed by atoms with Gasteiger partial charge in [-0.1, -0.05) is 38.1 Å². The molecule has 0 spiro atoms. The highest BCUT2D eigenvalue weighted by atomic mass is 16.5. The molecule has 0 amide bonds. The average molecular weight is 399 g/mol. The van der Waals surface area contributed by atoms with Gasteiger partial charge in [0.15, 0.2) is 5.82 Å². The molecule has 0 N–H and O–H groups in total. The third-order valence-corrected chi connectivity index (χ3v) is 4.79. The number of aromatic nitrogens is 2. The molecule has 0 radical (unpaired) electrons. The molecule has 4 rings (SSSR count). The first kappa shape index (κ1) is 19.9. The van der Waals surface area contributed by atoms with Crippen molar-refractivity contribution in [1.82, 2.24) is 9.97 Å². The van der Waals surface area contributed by atoms with Gasteiger partial charge in [-0.05, 0) is 73.9 Å². The van der Waals surface area contributed by atoms with Gasteiger partial charge in [0.25, 0.3) is 0 Å². The molecule has 0 aliphatic carbocycles. The summed E-state index contributed by atoms with van der Waals surface area (Å²) < 4.78 is 12.0. The first-order valence-corrected chi connectivity index (χ1v) is 10.3. The Morgan fingerprint density at radius 2 is 1.50 bits per heavy atom. The first-order valence-electron chi connectivity index (χ1n) is 10.3. The van der Waals surface area contributed by atoms with Gasteiger partial charge in [-0.2, -0.15) is 4.98 Å². The Hall–Kier alpha value is -3.40. The van der Waals surface area contributed by atoms with Crippen LogP contribution < -0.4 is 9.47 Å². The van der Waals surface area contributed by atoms with Gasteiger partial charge in [-0.25, -0.2) is 4.98 Å². The van der Waals surface area contributed by atoms with Crippen molar-refractivity contribution in [1.29, 1.82) is 0 Å². The lowest BCUT2D eigenvalue weighted by atomic mass is 10.0. The Labute approximate surface area is 177 Å². The minimum atomic E-state index is 0.134. The summed E-state index contributed by atoms with van der Waals surface area (Å²) in [4.78, 5) is 9.51. The Bertz CT molecular complexity index is 1150. The zero-order chi connectivity index (χ0) is 21.1. The zero-order valence-corrected chi connectivity index (χ0v) is 17.8. The largest absolute Gasteiger partial charge is 0.491 e. The van der Waals surface area contributed by atoms with E-state index >= 15 is 0 Å². The Morgan fingerprint density at radius 1 is 0.733 bits per heavy atom. The van der Waals surface area contributed by atoms with Crippen LogP contribution in [-0.2, 0) is 0 Å². The van der Waals surface area contributed by atoms with E-state index in [9.17, 15) is 0 Å². The van der Waals surface area contributed by atoms with Crippen molar-refractivity contribution in [3.63, 3.8) is 0 Å². The number of fused-ring (bicyclic) bond motifs is 1. The van der Waals surface area contributed by atoms with Crippen molar-refractivity contribution in [2.45, 2.75) is 39.7 Å². The van der Waals surface area contributed by atoms with Gasteiger partial charge in [-0.3, -0.25) is 0 Å². The average Bonchev–Trinajstić information content (AvgIpc) is 2.74. The number of hydrogen-bond acceptors (Lipinski definition) is 4. The molecule has 0 saturated carbocycles. The van der Waals surface area contributed by atoms with Crippen LogP contribution in [0.25, 0.3) is 22.3 Å². The zero-order valence-electron chi connectivity index (χ0n) is 17.8. The SMILES string of the molecule is CC(C)Oc1ccc(-c2nc(Oc3cccc(C(C)C)c3)c3ccccc3n2)cc1. The number of para-hydroxylation sites is 1. The van der Waals surface area contributed by atoms with E-state index in [4.69, 9.17) is 19.4 Å². The van der Waals surface area contributed by atoms with Crippen molar-refractivity contribution in [3.8, 4) is 28.8 Å². The van der Waals surface area contributed by atoms with Gasteiger partial charge < -0.3 is 9.47 Å². The predicted octanol–water partition coefficient (Wildman–Crippen LogP) is 7.00. The standard InChI is InChI=1S/C26H26N2O2/c1-17(2)20-8-7-9-22(16-20)30-26-23-10-5-6-11-24(23)27-25(28-26)19-12-14-21(15-13-19)29-18(3)4/h5-18H,1-4H3. The topological polar surface area (TPSA) is 44.2 Å². The normalized spacial score (nSPS) is 11.3. The summed E-state index contributed by atoms with van der Waals surface area (Å²) in [5.41, 5.74) is 2.99. The molecule has 4 aromatic rings. The van der Waals surface area contributed by atoms with Gasteiger partial charge in [0.05, 0.1) is 17.0 Å². The van der Waals surface area contributed by atoms with Gasteiger partial charge >= 0.3 is 0 Å². The van der Waals surface area contributed by atoms with Crippen LogP contribution in [0.4, 0.5) is 0 Å². The summed E-state index contributed by atoms with van der Waals surface area (Å²) in [6.45, 7) is 8.37. The lowest BCUT2D eigenvalue weighted by Crippen LogP contribution is -2.05. The van der Waals surface area contributed by atoms with E-state index in [-0.39, 0.29) is 6.10 Å². The van der Waals surface area contributed by atoms with E-state index in [1.54, 1.807) is 0 Å². The highest BCUT2D eigenvalue weighted by Gasteiger charge is 2.12. The van der Waals surface area contributed by atoms with Crippen molar-refractivity contribution >= 4 is 10.9 Å². The number of ether oxygens (including phenoxy) is 2. The summed E-state index contributed by atoms with van der Waals surface area (Å²) in [6, 6.07) is 23.9. The van der Waals surface area contributed by atoms with Crippen LogP contribution in [0.2, 0.25) is 0 Å². The molecule has 0 saturated heterocycles. The Kier molecular flexibility index (Phi) is 5.66. The fraction of sp³-hybridized carbons (Fsp3) is 0.231. The summed E-state index contributed by atoms with van der Waals surface area (Å²) in [5, 5.41) is 0.885. The molecule has 30 heavy (non-hydrogen) atoms. The number of hydrogen-bond donors (Lipinski definition) is 0. The fourth-order valence-corrected chi connectivity index (χ4v) is 3.26. The minimum Gasteiger partial charge on any atom is -0.491 e. The summed E-state index contributed by atoms with van der Waals surface area (Å²) in [5.74, 6) is 3.21. The highest BCUT2D eigenvalue weighted by molar-refractivity contribution is 5.85. The van der Waals surface area contributed by atoms with Crippen LogP contribution >= 0.6 is 0 Å². The van der Waals surface area contributed by atoms with E-state index in [2.05, 4.69) is 26.0 Å². The van der Waals surface area contributed by atoms with Crippen LogP contribution in [0.3, 0.4) is 0 Å². The summed E-state index contributed by atoms with van der Waals surface area (Å²) in [6.07, 6.45) is 0.134. The molecular formula is C26H26N2O2. The monoisotopic (exact) mass is 398 g/mol. The quantitative estimate of drug-likeness (QED) is 0.351.